The summed E-state index contributed by atoms with van der Waals surface area (Å²) in [7, 11) is 0. The van der Waals surface area contributed by atoms with E-state index in [9.17, 15) is 9.90 Å². The summed E-state index contributed by atoms with van der Waals surface area (Å²) < 4.78 is 5.17. The molecule has 0 aliphatic carbocycles. The highest BCUT2D eigenvalue weighted by atomic mass is 16.5. The molecule has 1 aromatic rings. The highest BCUT2D eigenvalue weighted by Gasteiger charge is 2.15. The van der Waals surface area contributed by atoms with Gasteiger partial charge in [-0.1, -0.05) is 44.7 Å². The Morgan fingerprint density at radius 3 is 2.50 bits per heavy atom. The average molecular weight is 279 g/mol. The molecule has 0 amide bonds. The van der Waals surface area contributed by atoms with Crippen molar-refractivity contribution >= 4 is 5.97 Å². The van der Waals surface area contributed by atoms with Gasteiger partial charge in [0.15, 0.2) is 0 Å². The minimum Gasteiger partial charge on any atom is -0.508 e. The maximum Gasteiger partial charge on any atom is 0.323 e. The Labute approximate surface area is 120 Å². The first-order chi connectivity index (χ1) is 9.63. The lowest BCUT2D eigenvalue weighted by Gasteiger charge is -2.11. The second-order valence-electron chi connectivity index (χ2n) is 5.06. The third kappa shape index (κ3) is 6.57. The van der Waals surface area contributed by atoms with E-state index in [4.69, 9.17) is 10.5 Å². The first-order valence-electron chi connectivity index (χ1n) is 7.33. The third-order valence-electron chi connectivity index (χ3n) is 3.19. The molecule has 0 heterocycles. The van der Waals surface area contributed by atoms with E-state index in [2.05, 4.69) is 6.92 Å². The molecule has 0 unspecified atom stereocenters. The van der Waals surface area contributed by atoms with Crippen molar-refractivity contribution in [2.24, 2.45) is 5.73 Å². The van der Waals surface area contributed by atoms with Crippen LogP contribution < -0.4 is 5.73 Å². The number of nitrogens with two attached hydrogens (primary N) is 1. The normalized spacial score (nSPS) is 12.1. The van der Waals surface area contributed by atoms with Crippen LogP contribution in [0.1, 0.15) is 44.6 Å². The lowest BCUT2D eigenvalue weighted by molar-refractivity contribution is -0.145. The number of benzene rings is 1. The monoisotopic (exact) mass is 279 g/mol. The quantitative estimate of drug-likeness (QED) is 0.538. The zero-order chi connectivity index (χ0) is 14.8. The summed E-state index contributed by atoms with van der Waals surface area (Å²) in [6, 6.07) is 6.04. The molecule has 0 fully saturated rings. The number of hydrogen-bond donors (Lipinski definition) is 2. The number of ether oxygens (including phenoxy) is 1. The van der Waals surface area contributed by atoms with Crippen LogP contribution in [0.25, 0.3) is 0 Å². The van der Waals surface area contributed by atoms with Crippen LogP contribution in [0, 0.1) is 0 Å². The van der Waals surface area contributed by atoms with Crippen LogP contribution >= 0.6 is 0 Å². The third-order valence-corrected chi connectivity index (χ3v) is 3.19. The number of unbranched alkanes of at least 4 members (excludes halogenated alkanes) is 4. The molecule has 0 saturated heterocycles. The Balaban J connectivity index is 2.20. The Bertz CT molecular complexity index is 389. The van der Waals surface area contributed by atoms with Crippen LogP contribution in [0.5, 0.6) is 5.75 Å². The van der Waals surface area contributed by atoms with Gasteiger partial charge >= 0.3 is 5.97 Å². The van der Waals surface area contributed by atoms with Crippen LogP contribution in [0.4, 0.5) is 0 Å². The van der Waals surface area contributed by atoms with Crippen molar-refractivity contribution in [1.29, 1.82) is 0 Å². The van der Waals surface area contributed by atoms with Gasteiger partial charge in [-0.05, 0) is 30.5 Å². The van der Waals surface area contributed by atoms with Gasteiger partial charge in [-0.15, -0.1) is 0 Å². The summed E-state index contributed by atoms with van der Waals surface area (Å²) in [5.41, 5.74) is 6.72. The number of phenols is 1. The minimum absolute atomic E-state index is 0.206. The highest BCUT2D eigenvalue weighted by Crippen LogP contribution is 2.11. The van der Waals surface area contributed by atoms with Crippen LogP contribution in [0.15, 0.2) is 24.3 Å². The van der Waals surface area contributed by atoms with E-state index in [0.29, 0.717) is 13.0 Å². The number of carbonyl (C=O) groups is 1. The van der Waals surface area contributed by atoms with Crippen molar-refractivity contribution in [3.05, 3.63) is 29.8 Å². The van der Waals surface area contributed by atoms with Crippen LogP contribution in [0.3, 0.4) is 0 Å². The van der Waals surface area contributed by atoms with Crippen molar-refractivity contribution in [2.75, 3.05) is 6.61 Å². The summed E-state index contributed by atoms with van der Waals surface area (Å²) in [5, 5.41) is 9.18. The van der Waals surface area contributed by atoms with Crippen LogP contribution in [-0.2, 0) is 16.0 Å². The smallest absolute Gasteiger partial charge is 0.323 e. The van der Waals surface area contributed by atoms with Crippen molar-refractivity contribution in [1.82, 2.24) is 0 Å². The Hall–Kier alpha value is -1.55. The Morgan fingerprint density at radius 2 is 1.85 bits per heavy atom. The highest BCUT2D eigenvalue weighted by molar-refractivity contribution is 5.75. The molecule has 0 bridgehead atoms. The van der Waals surface area contributed by atoms with Crippen LogP contribution in [0.2, 0.25) is 0 Å². The van der Waals surface area contributed by atoms with Crippen molar-refractivity contribution < 1.29 is 14.6 Å². The molecule has 4 nitrogen and oxygen atoms in total. The van der Waals surface area contributed by atoms with Gasteiger partial charge in [-0.2, -0.15) is 0 Å². The van der Waals surface area contributed by atoms with Crippen molar-refractivity contribution in [2.45, 2.75) is 51.5 Å². The fraction of sp³-hybridized carbons (Fsp3) is 0.562. The van der Waals surface area contributed by atoms with E-state index >= 15 is 0 Å². The molecule has 0 aliphatic rings. The SMILES string of the molecule is CCCCCCCOC(=O)[C@H](N)Cc1ccc(O)cc1. The molecule has 1 aromatic carbocycles. The molecule has 4 heteroatoms. The topological polar surface area (TPSA) is 72.5 Å². The minimum atomic E-state index is -0.643. The summed E-state index contributed by atoms with van der Waals surface area (Å²) in [4.78, 5) is 11.7. The van der Waals surface area contributed by atoms with E-state index < -0.39 is 6.04 Å². The van der Waals surface area contributed by atoms with Crippen LogP contribution in [-0.4, -0.2) is 23.7 Å². The maximum absolute atomic E-state index is 11.7. The fourth-order valence-corrected chi connectivity index (χ4v) is 1.95. The van der Waals surface area contributed by atoms with Crippen molar-refractivity contribution in [3.8, 4) is 5.75 Å². The Morgan fingerprint density at radius 1 is 1.20 bits per heavy atom. The van der Waals surface area contributed by atoms with E-state index in [1.54, 1.807) is 24.3 Å². The number of hydrogen-bond acceptors (Lipinski definition) is 4. The molecule has 20 heavy (non-hydrogen) atoms. The number of phenolic OH excluding ortho intramolecular Hbond substituents is 1. The van der Waals surface area contributed by atoms with Gasteiger partial charge in [0.25, 0.3) is 0 Å². The maximum atomic E-state index is 11.7. The van der Waals surface area contributed by atoms with E-state index in [0.717, 1.165) is 18.4 Å². The first-order valence-corrected chi connectivity index (χ1v) is 7.33. The lowest BCUT2D eigenvalue weighted by atomic mass is 10.1. The van der Waals surface area contributed by atoms with Gasteiger partial charge in [-0.3, -0.25) is 4.79 Å². The number of aromatic hydroxyl groups is 1. The summed E-state index contributed by atoms with van der Waals surface area (Å²) >= 11 is 0. The molecule has 1 rings (SSSR count). The second-order valence-corrected chi connectivity index (χ2v) is 5.06. The van der Waals surface area contributed by atoms with Gasteiger partial charge in [0.05, 0.1) is 6.61 Å². The van der Waals surface area contributed by atoms with Gasteiger partial charge in [0.2, 0.25) is 0 Å². The number of esters is 1. The van der Waals surface area contributed by atoms with E-state index in [1.165, 1.54) is 19.3 Å². The molecule has 0 aromatic heterocycles. The fourth-order valence-electron chi connectivity index (χ4n) is 1.95. The second kappa shape index (κ2) is 9.37. The van der Waals surface area contributed by atoms with Gasteiger partial charge in [0.1, 0.15) is 11.8 Å². The lowest BCUT2D eigenvalue weighted by Crippen LogP contribution is -2.34. The zero-order valence-corrected chi connectivity index (χ0v) is 12.2. The predicted octanol–water partition coefficient (Wildman–Crippen LogP) is 2.78. The van der Waals surface area contributed by atoms with Crippen molar-refractivity contribution in [3.63, 3.8) is 0 Å². The summed E-state index contributed by atoms with van der Waals surface area (Å²) in [5.74, 6) is -0.148. The standard InChI is InChI=1S/C16H25NO3/c1-2-3-4-5-6-11-20-16(19)15(17)12-13-7-9-14(18)10-8-13/h7-10,15,18H,2-6,11-12,17H2,1H3/t15-/m1/s1. The molecule has 0 aliphatic heterocycles. The van der Waals surface area contributed by atoms with Gasteiger partial charge in [-0.25, -0.2) is 0 Å². The first kappa shape index (κ1) is 16.5. The molecule has 112 valence electrons. The number of rotatable bonds is 9. The molecule has 1 atom stereocenters. The van der Waals surface area contributed by atoms with Gasteiger partial charge in [0, 0.05) is 0 Å². The summed E-state index contributed by atoms with van der Waals surface area (Å²) in [6.07, 6.45) is 6.04. The van der Waals surface area contributed by atoms with E-state index in [-0.39, 0.29) is 11.7 Å². The average Bonchev–Trinajstić information content (AvgIpc) is 2.45. The van der Waals surface area contributed by atoms with Gasteiger partial charge < -0.3 is 15.6 Å². The predicted molar refractivity (Wildman–Crippen MR) is 79.5 cm³/mol. The Kier molecular flexibility index (Phi) is 7.73. The zero-order valence-electron chi connectivity index (χ0n) is 12.2. The molecular formula is C16H25NO3. The summed E-state index contributed by atoms with van der Waals surface area (Å²) in [6.45, 7) is 2.62. The molecule has 3 N–H and O–H groups in total. The molecule has 0 saturated carbocycles. The molecule has 0 radical (unpaired) electrons. The van der Waals surface area contributed by atoms with E-state index in [1.807, 2.05) is 0 Å². The molecular weight excluding hydrogens is 254 g/mol. The largest absolute Gasteiger partial charge is 0.508 e. The molecule has 0 spiro atoms. The number of carbonyl (C=O) groups excluding carboxylic acids is 1.